The number of rotatable bonds is 6. The lowest BCUT2D eigenvalue weighted by molar-refractivity contribution is 0.225. The summed E-state index contributed by atoms with van der Waals surface area (Å²) in [6, 6.07) is 6.74. The molecule has 2 heterocycles. The molecule has 1 aromatic carbocycles. The van der Waals surface area contributed by atoms with Crippen molar-refractivity contribution < 1.29 is 13.6 Å². The van der Waals surface area contributed by atoms with Gasteiger partial charge in [0.05, 0.1) is 17.0 Å². The highest BCUT2D eigenvalue weighted by atomic mass is 35.5. The van der Waals surface area contributed by atoms with Crippen molar-refractivity contribution in [3.05, 3.63) is 40.9 Å². The molecular formula is C17H20ClNO4. The standard InChI is InChI=1S/C17H19NO4.ClH/c1-3-18(4-2)8-10-21-17-12-5-6-16(19)22-15(12)11-14-13(17)7-9-20-14;/h5-7,9,11H,3-4,8,10H2,1-2H3;1H. The normalized spacial score (nSPS) is 11.1. The van der Waals surface area contributed by atoms with E-state index in [2.05, 4.69) is 18.7 Å². The van der Waals surface area contributed by atoms with Crippen molar-refractivity contribution in [2.75, 3.05) is 26.2 Å². The highest BCUT2D eigenvalue weighted by molar-refractivity contribution is 6.01. The van der Waals surface area contributed by atoms with Gasteiger partial charge in [0.25, 0.3) is 0 Å². The molecule has 0 aliphatic rings. The summed E-state index contributed by atoms with van der Waals surface area (Å²) in [4.78, 5) is 13.7. The van der Waals surface area contributed by atoms with Crippen molar-refractivity contribution in [1.82, 2.24) is 4.90 Å². The Labute approximate surface area is 140 Å². The van der Waals surface area contributed by atoms with Gasteiger partial charge in [-0.3, -0.25) is 0 Å². The summed E-state index contributed by atoms with van der Waals surface area (Å²) in [5.74, 6) is 0.706. The number of halogens is 1. The maximum absolute atomic E-state index is 11.4. The monoisotopic (exact) mass is 337 g/mol. The Morgan fingerprint density at radius 3 is 2.57 bits per heavy atom. The molecule has 0 unspecified atom stereocenters. The smallest absolute Gasteiger partial charge is 0.336 e. The second-order valence-electron chi connectivity index (χ2n) is 5.08. The molecule has 0 atom stereocenters. The van der Waals surface area contributed by atoms with Gasteiger partial charge >= 0.3 is 5.63 Å². The van der Waals surface area contributed by atoms with E-state index >= 15 is 0 Å². The molecule has 3 rings (SSSR count). The van der Waals surface area contributed by atoms with Crippen molar-refractivity contribution in [2.45, 2.75) is 13.8 Å². The Morgan fingerprint density at radius 1 is 1.09 bits per heavy atom. The minimum Gasteiger partial charge on any atom is -0.491 e. The Hall–Kier alpha value is -1.98. The van der Waals surface area contributed by atoms with Crippen LogP contribution in [-0.2, 0) is 0 Å². The van der Waals surface area contributed by atoms with Crippen LogP contribution in [0.4, 0.5) is 0 Å². The lowest BCUT2D eigenvalue weighted by atomic mass is 10.1. The molecule has 23 heavy (non-hydrogen) atoms. The Balaban J connectivity index is 0.00000192. The summed E-state index contributed by atoms with van der Waals surface area (Å²) in [5, 5.41) is 1.67. The largest absolute Gasteiger partial charge is 0.491 e. The van der Waals surface area contributed by atoms with Crippen LogP contribution in [0.15, 0.2) is 44.2 Å². The number of ether oxygens (including phenoxy) is 1. The number of hydrogen-bond acceptors (Lipinski definition) is 5. The second kappa shape index (κ2) is 7.53. The van der Waals surface area contributed by atoms with Gasteiger partial charge < -0.3 is 18.5 Å². The van der Waals surface area contributed by atoms with Crippen molar-refractivity contribution >= 4 is 34.3 Å². The molecule has 124 valence electrons. The fourth-order valence-corrected chi connectivity index (χ4v) is 2.58. The summed E-state index contributed by atoms with van der Waals surface area (Å²) in [6.45, 7) is 7.66. The van der Waals surface area contributed by atoms with Gasteiger partial charge in [0, 0.05) is 18.7 Å². The second-order valence-corrected chi connectivity index (χ2v) is 5.08. The first-order chi connectivity index (χ1) is 10.7. The van der Waals surface area contributed by atoms with Crippen molar-refractivity contribution in [2.24, 2.45) is 0 Å². The van der Waals surface area contributed by atoms with Crippen LogP contribution in [0.5, 0.6) is 5.75 Å². The van der Waals surface area contributed by atoms with E-state index in [4.69, 9.17) is 13.6 Å². The Kier molecular flexibility index (Phi) is 5.69. The summed E-state index contributed by atoms with van der Waals surface area (Å²) >= 11 is 0. The quantitative estimate of drug-likeness (QED) is 0.642. The molecule has 0 saturated heterocycles. The molecule has 0 aliphatic carbocycles. The molecule has 6 heteroatoms. The first-order valence-corrected chi connectivity index (χ1v) is 7.52. The predicted molar refractivity (Wildman–Crippen MR) is 92.8 cm³/mol. The third-order valence-corrected chi connectivity index (χ3v) is 3.86. The molecule has 2 aromatic heterocycles. The zero-order valence-electron chi connectivity index (χ0n) is 13.2. The Bertz CT molecular complexity index is 835. The molecule has 0 amide bonds. The molecule has 5 nitrogen and oxygen atoms in total. The molecule has 0 bridgehead atoms. The molecule has 0 fully saturated rings. The van der Waals surface area contributed by atoms with E-state index in [-0.39, 0.29) is 18.0 Å². The molecule has 3 aromatic rings. The fraction of sp³-hybridized carbons (Fsp3) is 0.353. The van der Waals surface area contributed by atoms with Gasteiger partial charge in [-0.25, -0.2) is 4.79 Å². The number of fused-ring (bicyclic) bond motifs is 2. The highest BCUT2D eigenvalue weighted by Gasteiger charge is 2.13. The number of benzene rings is 1. The molecule has 0 aliphatic heterocycles. The minimum atomic E-state index is -0.382. The van der Waals surface area contributed by atoms with Crippen molar-refractivity contribution in [3.63, 3.8) is 0 Å². The fourth-order valence-electron chi connectivity index (χ4n) is 2.58. The van der Waals surface area contributed by atoms with Gasteiger partial charge in [-0.05, 0) is 25.2 Å². The molecule has 0 spiro atoms. The van der Waals surface area contributed by atoms with Crippen LogP contribution in [0.25, 0.3) is 21.9 Å². The van der Waals surface area contributed by atoms with Gasteiger partial charge in [-0.15, -0.1) is 12.4 Å². The number of likely N-dealkylation sites (N-methyl/N-ethyl adjacent to an activating group) is 1. The number of furan rings is 1. The molecule has 0 N–H and O–H groups in total. The molecule has 0 saturated carbocycles. The van der Waals surface area contributed by atoms with E-state index in [9.17, 15) is 4.79 Å². The zero-order valence-corrected chi connectivity index (χ0v) is 14.0. The number of nitrogens with zero attached hydrogens (tertiary/aromatic N) is 1. The van der Waals surface area contributed by atoms with E-state index in [1.54, 1.807) is 18.4 Å². The van der Waals surface area contributed by atoms with Crippen molar-refractivity contribution in [1.29, 1.82) is 0 Å². The lowest BCUT2D eigenvalue weighted by Crippen LogP contribution is -2.27. The molecule has 0 radical (unpaired) electrons. The zero-order chi connectivity index (χ0) is 15.5. The van der Waals surface area contributed by atoms with Crippen LogP contribution in [0.2, 0.25) is 0 Å². The van der Waals surface area contributed by atoms with Crippen LogP contribution < -0.4 is 10.4 Å². The first-order valence-electron chi connectivity index (χ1n) is 7.52. The van der Waals surface area contributed by atoms with E-state index in [1.807, 2.05) is 6.07 Å². The SMILES string of the molecule is CCN(CC)CCOc1c2ccoc2cc2oc(=O)ccc12.Cl. The van der Waals surface area contributed by atoms with Gasteiger partial charge in [0.2, 0.25) is 0 Å². The van der Waals surface area contributed by atoms with E-state index in [1.165, 1.54) is 6.07 Å². The third-order valence-electron chi connectivity index (χ3n) is 3.86. The predicted octanol–water partition coefficient (Wildman–Crippen LogP) is 3.68. The van der Waals surface area contributed by atoms with Crippen LogP contribution in [-0.4, -0.2) is 31.1 Å². The highest BCUT2D eigenvalue weighted by Crippen LogP contribution is 2.34. The average Bonchev–Trinajstić information content (AvgIpc) is 2.98. The van der Waals surface area contributed by atoms with Crippen LogP contribution >= 0.6 is 12.4 Å². The van der Waals surface area contributed by atoms with Gasteiger partial charge in [-0.2, -0.15) is 0 Å². The van der Waals surface area contributed by atoms with Gasteiger partial charge in [-0.1, -0.05) is 13.8 Å². The van der Waals surface area contributed by atoms with Crippen LogP contribution in [0, 0.1) is 0 Å². The maximum atomic E-state index is 11.4. The summed E-state index contributed by atoms with van der Waals surface area (Å²) in [6.07, 6.45) is 1.61. The van der Waals surface area contributed by atoms with E-state index < -0.39 is 0 Å². The topological polar surface area (TPSA) is 55.8 Å². The first kappa shape index (κ1) is 17.4. The third kappa shape index (κ3) is 3.51. The lowest BCUT2D eigenvalue weighted by Gasteiger charge is -2.18. The van der Waals surface area contributed by atoms with Crippen LogP contribution in [0.3, 0.4) is 0 Å². The minimum absolute atomic E-state index is 0. The summed E-state index contributed by atoms with van der Waals surface area (Å²) in [5.41, 5.74) is 0.750. The average molecular weight is 338 g/mol. The van der Waals surface area contributed by atoms with Gasteiger partial charge in [0.15, 0.2) is 0 Å². The maximum Gasteiger partial charge on any atom is 0.336 e. The van der Waals surface area contributed by atoms with Gasteiger partial charge in [0.1, 0.15) is 23.5 Å². The van der Waals surface area contributed by atoms with Crippen LogP contribution in [0.1, 0.15) is 13.8 Å². The number of hydrogen-bond donors (Lipinski definition) is 0. The van der Waals surface area contributed by atoms with E-state index in [0.29, 0.717) is 23.5 Å². The summed E-state index contributed by atoms with van der Waals surface area (Å²) < 4.78 is 16.7. The van der Waals surface area contributed by atoms with Crippen molar-refractivity contribution in [3.8, 4) is 5.75 Å². The summed E-state index contributed by atoms with van der Waals surface area (Å²) in [7, 11) is 0. The Morgan fingerprint density at radius 2 is 1.83 bits per heavy atom. The van der Waals surface area contributed by atoms with E-state index in [0.717, 1.165) is 30.4 Å². The molecular weight excluding hydrogens is 318 g/mol.